The predicted octanol–water partition coefficient (Wildman–Crippen LogP) is 17.4. The van der Waals surface area contributed by atoms with Crippen molar-refractivity contribution >= 4 is 5.91 Å². The minimum Gasteiger partial charge on any atom is -0.394 e. The molecule has 2 aliphatic heterocycles. The second-order valence-electron chi connectivity index (χ2n) is 27.8. The zero-order valence-corrected chi connectivity index (χ0v) is 59.8. The Kier molecular flexibility index (Phi) is 59.3. The van der Waals surface area contributed by atoms with Crippen LogP contribution in [0.2, 0.25) is 0 Å². The number of ether oxygens (including phenoxy) is 4. The van der Waals surface area contributed by atoms with Gasteiger partial charge in [-0.2, -0.15) is 0 Å². The van der Waals surface area contributed by atoms with Gasteiger partial charge in [0.05, 0.1) is 32.0 Å². The predicted molar refractivity (Wildman–Crippen MR) is 383 cm³/mol. The van der Waals surface area contributed by atoms with Gasteiger partial charge in [-0.3, -0.25) is 4.79 Å². The molecule has 0 spiro atoms. The molecule has 2 heterocycles. The second kappa shape index (κ2) is 63.4. The van der Waals surface area contributed by atoms with E-state index in [1.807, 2.05) is 0 Å². The fourth-order valence-electron chi connectivity index (χ4n) is 13.1. The van der Waals surface area contributed by atoms with Gasteiger partial charge in [-0.15, -0.1) is 0 Å². The van der Waals surface area contributed by atoms with Crippen LogP contribution in [0.4, 0.5) is 0 Å². The van der Waals surface area contributed by atoms with Crippen LogP contribution in [0.25, 0.3) is 0 Å². The van der Waals surface area contributed by atoms with Gasteiger partial charge in [-0.1, -0.05) is 345 Å². The van der Waals surface area contributed by atoms with Gasteiger partial charge in [0.15, 0.2) is 12.6 Å². The normalized spacial score (nSPS) is 22.8. The third-order valence-corrected chi connectivity index (χ3v) is 19.3. The topological polar surface area (TPSA) is 228 Å². The maximum Gasteiger partial charge on any atom is 0.220 e. The number of unbranched alkanes of at least 4 members (excludes halogenated alkanes) is 45. The summed E-state index contributed by atoms with van der Waals surface area (Å²) < 4.78 is 23.0. The van der Waals surface area contributed by atoms with Crippen molar-refractivity contribution in [1.82, 2.24) is 5.32 Å². The molecule has 0 aliphatic carbocycles. The van der Waals surface area contributed by atoms with Gasteiger partial charge in [0, 0.05) is 6.42 Å². The molecule has 0 bridgehead atoms. The first-order valence-corrected chi connectivity index (χ1v) is 39.4. The lowest BCUT2D eigenvalue weighted by Gasteiger charge is -2.46. The van der Waals surface area contributed by atoms with Gasteiger partial charge in [0.2, 0.25) is 5.91 Å². The summed E-state index contributed by atoms with van der Waals surface area (Å²) >= 11 is 0. The summed E-state index contributed by atoms with van der Waals surface area (Å²) in [6.45, 7) is 2.81. The lowest BCUT2D eigenvalue weighted by molar-refractivity contribution is -0.359. The van der Waals surface area contributed by atoms with E-state index in [1.54, 1.807) is 0 Å². The fraction of sp³-hybridized carbons (Fsp3) is 0.886. The van der Waals surface area contributed by atoms with Crippen LogP contribution >= 0.6 is 0 Å². The number of allylic oxidation sites excluding steroid dienone is 8. The second-order valence-corrected chi connectivity index (χ2v) is 27.8. The van der Waals surface area contributed by atoms with E-state index in [0.717, 1.165) is 77.0 Å². The third-order valence-electron chi connectivity index (χ3n) is 19.3. The summed E-state index contributed by atoms with van der Waals surface area (Å²) in [5.41, 5.74) is 0. The summed E-state index contributed by atoms with van der Waals surface area (Å²) in [5.74, 6) is -0.203. The Morgan fingerprint density at radius 2 is 0.742 bits per heavy atom. The highest BCUT2D eigenvalue weighted by Gasteiger charge is 2.51. The number of carbonyl (C=O) groups excluding carboxylic acids is 1. The molecule has 546 valence electrons. The van der Waals surface area contributed by atoms with E-state index >= 15 is 0 Å². The van der Waals surface area contributed by atoms with Gasteiger partial charge in [0.1, 0.15) is 48.8 Å². The highest BCUT2D eigenvalue weighted by Crippen LogP contribution is 2.30. The molecular formula is C79H147NO13. The van der Waals surface area contributed by atoms with Gasteiger partial charge >= 0.3 is 0 Å². The molecule has 93 heavy (non-hydrogen) atoms. The van der Waals surface area contributed by atoms with Crippen molar-refractivity contribution in [1.29, 1.82) is 0 Å². The molecule has 2 rings (SSSR count). The van der Waals surface area contributed by atoms with Gasteiger partial charge < -0.3 is 65.1 Å². The van der Waals surface area contributed by atoms with E-state index in [4.69, 9.17) is 18.9 Å². The highest BCUT2D eigenvalue weighted by atomic mass is 16.7. The lowest BCUT2D eigenvalue weighted by atomic mass is 9.97. The Morgan fingerprint density at radius 1 is 0.398 bits per heavy atom. The minimum absolute atomic E-state index is 0.203. The summed E-state index contributed by atoms with van der Waals surface area (Å²) in [6.07, 6.45) is 67.2. The monoisotopic (exact) mass is 1320 g/mol. The molecule has 2 fully saturated rings. The van der Waals surface area contributed by atoms with Crippen molar-refractivity contribution in [3.8, 4) is 0 Å². The Hall–Kier alpha value is -2.05. The fourth-order valence-corrected chi connectivity index (χ4v) is 13.1. The molecule has 0 aromatic heterocycles. The molecule has 0 saturated carbocycles. The maximum atomic E-state index is 13.4. The molecule has 0 aromatic rings. The smallest absolute Gasteiger partial charge is 0.220 e. The van der Waals surface area contributed by atoms with Crippen molar-refractivity contribution in [2.45, 2.75) is 428 Å². The van der Waals surface area contributed by atoms with Crippen LogP contribution in [0, 0.1) is 0 Å². The largest absolute Gasteiger partial charge is 0.394 e. The summed E-state index contributed by atoms with van der Waals surface area (Å²) in [5, 5.41) is 87.8. The summed E-state index contributed by atoms with van der Waals surface area (Å²) in [6, 6.07) is -0.832. The summed E-state index contributed by atoms with van der Waals surface area (Å²) in [4.78, 5) is 13.4. The first-order chi connectivity index (χ1) is 45.6. The standard InChI is InChI=1S/C79H147NO13/c1-3-5-7-9-11-13-15-17-19-21-23-25-27-29-31-32-33-34-35-37-38-40-42-44-46-48-50-52-54-56-58-60-62-68(83)67(66-90-78-76(89)74(87)77(70(65-82)92-78)93-79-75(88)73(86)72(85)69(64-81)91-79)80-71(84)63-61-59-57-55-53-51-49-47-45-43-41-39-36-30-28-26-24-22-20-18-16-14-12-10-8-6-4-2/h6,8,12,14,18,20,24,26,67-70,72-79,81-83,85-89H,3-5,7,9-11,13,15-17,19,21-23,25,27-66H2,1-2H3,(H,80,84)/b8-6-,14-12-,20-18-,26-24-. The molecule has 2 aliphatic rings. The van der Waals surface area contributed by atoms with Gasteiger partial charge in [-0.25, -0.2) is 0 Å². The quantitative estimate of drug-likeness (QED) is 0.0204. The van der Waals surface area contributed by atoms with Crippen LogP contribution in [-0.4, -0.2) is 140 Å². The van der Waals surface area contributed by atoms with Crippen molar-refractivity contribution in [2.24, 2.45) is 0 Å². The van der Waals surface area contributed by atoms with Crippen molar-refractivity contribution < 1.29 is 64.6 Å². The molecule has 0 aromatic carbocycles. The molecule has 12 atom stereocenters. The van der Waals surface area contributed by atoms with Crippen molar-refractivity contribution in [3.63, 3.8) is 0 Å². The maximum absolute atomic E-state index is 13.4. The minimum atomic E-state index is -1.78. The van der Waals surface area contributed by atoms with Gasteiger partial charge in [-0.05, 0) is 51.4 Å². The van der Waals surface area contributed by atoms with E-state index < -0.39 is 86.8 Å². The van der Waals surface area contributed by atoms with Crippen LogP contribution in [0.1, 0.15) is 354 Å². The van der Waals surface area contributed by atoms with Crippen LogP contribution < -0.4 is 5.32 Å². The summed E-state index contributed by atoms with van der Waals surface area (Å²) in [7, 11) is 0. The first kappa shape index (κ1) is 87.0. The first-order valence-electron chi connectivity index (χ1n) is 39.4. The number of amides is 1. The number of hydrogen-bond donors (Lipinski definition) is 9. The number of aliphatic hydroxyl groups is 8. The van der Waals surface area contributed by atoms with Crippen molar-refractivity contribution in [3.05, 3.63) is 48.6 Å². The highest BCUT2D eigenvalue weighted by molar-refractivity contribution is 5.76. The zero-order valence-electron chi connectivity index (χ0n) is 59.8. The number of aliphatic hydroxyl groups excluding tert-OH is 8. The van der Waals surface area contributed by atoms with Crippen LogP contribution in [0.3, 0.4) is 0 Å². The molecule has 14 nitrogen and oxygen atoms in total. The van der Waals surface area contributed by atoms with Crippen LogP contribution in [0.15, 0.2) is 48.6 Å². The van der Waals surface area contributed by atoms with E-state index in [-0.39, 0.29) is 12.5 Å². The molecule has 1 amide bonds. The number of rotatable bonds is 66. The third kappa shape index (κ3) is 46.8. The average Bonchev–Trinajstić information content (AvgIpc) is 0.854. The Balaban J connectivity index is 1.61. The van der Waals surface area contributed by atoms with E-state index in [0.29, 0.717) is 12.8 Å². The van der Waals surface area contributed by atoms with Gasteiger partial charge in [0.25, 0.3) is 0 Å². The molecule has 9 N–H and O–H groups in total. The van der Waals surface area contributed by atoms with Crippen LogP contribution in [-0.2, 0) is 23.7 Å². The van der Waals surface area contributed by atoms with E-state index in [1.165, 1.54) is 250 Å². The lowest BCUT2D eigenvalue weighted by Crippen LogP contribution is -2.65. The average molecular weight is 1320 g/mol. The zero-order chi connectivity index (χ0) is 67.3. The molecule has 14 heteroatoms. The van der Waals surface area contributed by atoms with E-state index in [9.17, 15) is 45.6 Å². The number of carbonyl (C=O) groups is 1. The Labute approximate surface area is 569 Å². The molecular weight excluding hydrogens is 1170 g/mol. The van der Waals surface area contributed by atoms with Crippen LogP contribution in [0.5, 0.6) is 0 Å². The molecule has 2 saturated heterocycles. The number of nitrogens with one attached hydrogen (secondary N) is 1. The van der Waals surface area contributed by atoms with Crippen molar-refractivity contribution in [2.75, 3.05) is 19.8 Å². The number of hydrogen-bond acceptors (Lipinski definition) is 13. The Morgan fingerprint density at radius 3 is 1.14 bits per heavy atom. The Bertz CT molecular complexity index is 1750. The molecule has 0 radical (unpaired) electrons. The SMILES string of the molecule is CC/C=C\C/C=C\C/C=C\C/C=C\CCCCCCCCCCCCCCCCC(=O)NC(COC1OC(CO)C(OC2OC(CO)C(O)C(O)C2O)C(O)C1O)C(O)CCCCCCCCCCCCCCCCCCCCCCCCCCCCCCCCCC. The molecule has 12 unspecified atom stereocenters. The van der Waals surface area contributed by atoms with E-state index in [2.05, 4.69) is 67.8 Å².